The van der Waals surface area contributed by atoms with Crippen molar-refractivity contribution in [2.45, 2.75) is 38.8 Å². The van der Waals surface area contributed by atoms with Gasteiger partial charge in [0, 0.05) is 24.2 Å². The smallest absolute Gasteiger partial charge is 0.0705 e. The van der Waals surface area contributed by atoms with Crippen LogP contribution in [0.15, 0.2) is 30.5 Å². The van der Waals surface area contributed by atoms with Gasteiger partial charge in [0.2, 0.25) is 0 Å². The molecule has 1 aliphatic heterocycles. The maximum absolute atomic E-state index is 4.50. The molecule has 0 spiro atoms. The zero-order valence-electron chi connectivity index (χ0n) is 14.0. The summed E-state index contributed by atoms with van der Waals surface area (Å²) in [6.45, 7) is 5.68. The molecular weight excluding hydrogens is 270 g/mol. The predicted octanol–water partition coefficient (Wildman–Crippen LogP) is 3.46. The van der Waals surface area contributed by atoms with Crippen LogP contribution in [0.25, 0.3) is 10.9 Å². The van der Waals surface area contributed by atoms with Crippen molar-refractivity contribution < 1.29 is 0 Å². The minimum atomic E-state index is 0.736. The lowest BCUT2D eigenvalue weighted by Crippen LogP contribution is -2.30. The SMILES string of the molecule is Cc1ccc2ncccc2c1CN1CCC[C@H](N(C)C)CC1. The molecule has 1 saturated heterocycles. The highest BCUT2D eigenvalue weighted by Crippen LogP contribution is 2.24. The number of likely N-dealkylation sites (tertiary alicyclic amines) is 1. The van der Waals surface area contributed by atoms with Crippen molar-refractivity contribution in [3.05, 3.63) is 41.6 Å². The van der Waals surface area contributed by atoms with Crippen molar-refractivity contribution >= 4 is 10.9 Å². The zero-order valence-corrected chi connectivity index (χ0v) is 14.0. The topological polar surface area (TPSA) is 19.4 Å². The molecule has 3 nitrogen and oxygen atoms in total. The molecule has 1 aromatic carbocycles. The van der Waals surface area contributed by atoms with Crippen LogP contribution in [-0.4, -0.2) is 48.0 Å². The van der Waals surface area contributed by atoms with Gasteiger partial charge in [-0.05, 0) is 76.6 Å². The molecule has 1 aliphatic rings. The molecule has 0 aliphatic carbocycles. The van der Waals surface area contributed by atoms with Crippen molar-refractivity contribution in [3.63, 3.8) is 0 Å². The fraction of sp³-hybridized carbons (Fsp3) is 0.526. The molecule has 1 fully saturated rings. The standard InChI is InChI=1S/C19H27N3/c1-15-8-9-19-17(7-4-11-20-19)18(15)14-22-12-5-6-16(10-13-22)21(2)3/h4,7-9,11,16H,5-6,10,12-14H2,1-3H3/t16-/m0/s1. The van der Waals surface area contributed by atoms with Crippen LogP contribution in [0.5, 0.6) is 0 Å². The van der Waals surface area contributed by atoms with Gasteiger partial charge in [0.05, 0.1) is 5.52 Å². The summed E-state index contributed by atoms with van der Waals surface area (Å²) in [5, 5.41) is 1.32. The Morgan fingerprint density at radius 2 is 2.05 bits per heavy atom. The molecule has 3 heteroatoms. The fourth-order valence-corrected chi connectivity index (χ4v) is 3.57. The van der Waals surface area contributed by atoms with Crippen molar-refractivity contribution in [3.8, 4) is 0 Å². The molecule has 118 valence electrons. The molecule has 3 rings (SSSR count). The number of nitrogens with zero attached hydrogens (tertiary/aromatic N) is 3. The summed E-state index contributed by atoms with van der Waals surface area (Å²) in [6.07, 6.45) is 5.77. The molecule has 0 amide bonds. The molecule has 1 atom stereocenters. The number of hydrogen-bond acceptors (Lipinski definition) is 3. The molecule has 0 unspecified atom stereocenters. The van der Waals surface area contributed by atoms with E-state index >= 15 is 0 Å². The molecule has 22 heavy (non-hydrogen) atoms. The monoisotopic (exact) mass is 297 g/mol. The molecule has 1 aromatic heterocycles. The van der Waals surface area contributed by atoms with Gasteiger partial charge in [0.25, 0.3) is 0 Å². The van der Waals surface area contributed by atoms with Crippen LogP contribution in [-0.2, 0) is 6.54 Å². The van der Waals surface area contributed by atoms with E-state index < -0.39 is 0 Å². The van der Waals surface area contributed by atoms with E-state index in [2.05, 4.69) is 60.1 Å². The highest BCUT2D eigenvalue weighted by atomic mass is 15.2. The van der Waals surface area contributed by atoms with Crippen LogP contribution in [0.1, 0.15) is 30.4 Å². The van der Waals surface area contributed by atoms with E-state index in [4.69, 9.17) is 0 Å². The summed E-state index contributed by atoms with van der Waals surface area (Å²) in [6, 6.07) is 9.35. The normalized spacial score (nSPS) is 20.5. The van der Waals surface area contributed by atoms with Gasteiger partial charge in [0.15, 0.2) is 0 Å². The molecule has 0 N–H and O–H groups in total. The van der Waals surface area contributed by atoms with E-state index in [1.807, 2.05) is 6.20 Å². The number of pyridine rings is 1. The molecule has 2 aromatic rings. The number of benzene rings is 1. The largest absolute Gasteiger partial charge is 0.306 e. The summed E-state index contributed by atoms with van der Waals surface area (Å²) in [5.74, 6) is 0. The first-order chi connectivity index (χ1) is 10.6. The number of rotatable bonds is 3. The average Bonchev–Trinajstić information content (AvgIpc) is 2.76. The van der Waals surface area contributed by atoms with E-state index in [-0.39, 0.29) is 0 Å². The summed E-state index contributed by atoms with van der Waals surface area (Å²) in [7, 11) is 4.42. The Morgan fingerprint density at radius 1 is 1.18 bits per heavy atom. The highest BCUT2D eigenvalue weighted by Gasteiger charge is 2.19. The van der Waals surface area contributed by atoms with Crippen molar-refractivity contribution in [1.29, 1.82) is 0 Å². The Morgan fingerprint density at radius 3 is 2.86 bits per heavy atom. The molecular formula is C19H27N3. The quantitative estimate of drug-likeness (QED) is 0.865. The Kier molecular flexibility index (Phi) is 4.74. The summed E-state index contributed by atoms with van der Waals surface area (Å²) in [5.41, 5.74) is 3.95. The number of aryl methyl sites for hydroxylation is 1. The van der Waals surface area contributed by atoms with Crippen molar-refractivity contribution in [1.82, 2.24) is 14.8 Å². The van der Waals surface area contributed by atoms with Gasteiger partial charge in [-0.2, -0.15) is 0 Å². The lowest BCUT2D eigenvalue weighted by molar-refractivity contribution is 0.245. The Hall–Kier alpha value is -1.45. The Bertz CT molecular complexity index is 636. The zero-order chi connectivity index (χ0) is 15.5. The van der Waals surface area contributed by atoms with Gasteiger partial charge >= 0.3 is 0 Å². The Balaban J connectivity index is 1.80. The number of fused-ring (bicyclic) bond motifs is 1. The van der Waals surface area contributed by atoms with E-state index in [1.165, 1.54) is 48.9 Å². The van der Waals surface area contributed by atoms with E-state index in [9.17, 15) is 0 Å². The van der Waals surface area contributed by atoms with Gasteiger partial charge in [-0.3, -0.25) is 9.88 Å². The predicted molar refractivity (Wildman–Crippen MR) is 93.1 cm³/mol. The first-order valence-electron chi connectivity index (χ1n) is 8.37. The van der Waals surface area contributed by atoms with Crippen LogP contribution >= 0.6 is 0 Å². The van der Waals surface area contributed by atoms with Gasteiger partial charge < -0.3 is 4.90 Å². The number of aromatic nitrogens is 1. The highest BCUT2D eigenvalue weighted by molar-refractivity contribution is 5.83. The third-order valence-electron chi connectivity index (χ3n) is 5.03. The lowest BCUT2D eigenvalue weighted by atomic mass is 10.0. The van der Waals surface area contributed by atoms with Crippen LogP contribution in [0.4, 0.5) is 0 Å². The van der Waals surface area contributed by atoms with Crippen molar-refractivity contribution in [2.24, 2.45) is 0 Å². The molecule has 0 bridgehead atoms. The van der Waals surface area contributed by atoms with Gasteiger partial charge in [-0.1, -0.05) is 12.1 Å². The van der Waals surface area contributed by atoms with Crippen LogP contribution in [0.2, 0.25) is 0 Å². The average molecular weight is 297 g/mol. The third-order valence-corrected chi connectivity index (χ3v) is 5.03. The molecule has 0 radical (unpaired) electrons. The molecule has 0 saturated carbocycles. The van der Waals surface area contributed by atoms with Crippen LogP contribution in [0, 0.1) is 6.92 Å². The minimum absolute atomic E-state index is 0.736. The van der Waals surface area contributed by atoms with Crippen LogP contribution < -0.4 is 0 Å². The molecule has 2 heterocycles. The Labute approximate surface area is 133 Å². The number of hydrogen-bond donors (Lipinski definition) is 0. The first kappa shape index (κ1) is 15.4. The van der Waals surface area contributed by atoms with E-state index in [1.54, 1.807) is 0 Å². The van der Waals surface area contributed by atoms with Crippen LogP contribution in [0.3, 0.4) is 0 Å². The van der Waals surface area contributed by atoms with Gasteiger partial charge in [-0.25, -0.2) is 0 Å². The lowest BCUT2D eigenvalue weighted by Gasteiger charge is -2.24. The summed E-state index contributed by atoms with van der Waals surface area (Å²) in [4.78, 5) is 9.51. The van der Waals surface area contributed by atoms with Gasteiger partial charge in [-0.15, -0.1) is 0 Å². The second-order valence-corrected chi connectivity index (χ2v) is 6.76. The summed E-state index contributed by atoms with van der Waals surface area (Å²) < 4.78 is 0. The second-order valence-electron chi connectivity index (χ2n) is 6.76. The van der Waals surface area contributed by atoms with E-state index in [0.717, 1.165) is 18.1 Å². The first-order valence-corrected chi connectivity index (χ1v) is 8.37. The van der Waals surface area contributed by atoms with E-state index in [0.29, 0.717) is 0 Å². The fourth-order valence-electron chi connectivity index (χ4n) is 3.57. The van der Waals surface area contributed by atoms with Gasteiger partial charge in [0.1, 0.15) is 0 Å². The maximum Gasteiger partial charge on any atom is 0.0705 e. The van der Waals surface area contributed by atoms with Crippen molar-refractivity contribution in [2.75, 3.05) is 27.2 Å². The minimum Gasteiger partial charge on any atom is -0.306 e. The summed E-state index contributed by atoms with van der Waals surface area (Å²) >= 11 is 0. The maximum atomic E-state index is 4.50. The third kappa shape index (κ3) is 3.31. The second kappa shape index (κ2) is 6.76.